The molecule has 0 bridgehead atoms. The maximum atomic E-state index is 10.2. The van der Waals surface area contributed by atoms with Crippen LogP contribution in [0.5, 0.6) is 0 Å². The summed E-state index contributed by atoms with van der Waals surface area (Å²) in [6, 6.07) is 20.5. The Balaban J connectivity index is 1.44. The van der Waals surface area contributed by atoms with Crippen LogP contribution < -0.4 is 5.73 Å². The Morgan fingerprint density at radius 2 is 1.75 bits per heavy atom. The van der Waals surface area contributed by atoms with Crippen LogP contribution in [-0.2, 0) is 0 Å². The van der Waals surface area contributed by atoms with E-state index in [2.05, 4.69) is 40.3 Å². The molecule has 32 heavy (non-hydrogen) atoms. The van der Waals surface area contributed by atoms with Crippen LogP contribution >= 0.6 is 0 Å². The molecule has 1 aliphatic rings. The average Bonchev–Trinajstić information content (AvgIpc) is 3.21. The molecular formula is C26H23N5O. The molecule has 1 fully saturated rings. The van der Waals surface area contributed by atoms with Gasteiger partial charge in [-0.05, 0) is 31.9 Å². The second kappa shape index (κ2) is 6.87. The van der Waals surface area contributed by atoms with Crippen LogP contribution in [-0.4, -0.2) is 30.1 Å². The van der Waals surface area contributed by atoms with Crippen molar-refractivity contribution < 1.29 is 5.11 Å². The Labute approximate surface area is 185 Å². The van der Waals surface area contributed by atoms with E-state index in [0.29, 0.717) is 18.7 Å². The van der Waals surface area contributed by atoms with Gasteiger partial charge < -0.3 is 10.8 Å². The Kier molecular flexibility index (Phi) is 4.07. The second-order valence-corrected chi connectivity index (χ2v) is 8.96. The topological polar surface area (TPSA) is 89.3 Å². The molecule has 6 nitrogen and oxygen atoms in total. The van der Waals surface area contributed by atoms with Gasteiger partial charge in [-0.15, -0.1) is 0 Å². The molecule has 3 heterocycles. The van der Waals surface area contributed by atoms with Crippen LogP contribution in [0.1, 0.15) is 31.5 Å². The van der Waals surface area contributed by atoms with Gasteiger partial charge in [-0.25, -0.2) is 15.0 Å². The van der Waals surface area contributed by atoms with Crippen molar-refractivity contribution in [1.29, 1.82) is 0 Å². The minimum absolute atomic E-state index is 0.217. The molecule has 0 atom stereocenters. The quantitative estimate of drug-likeness (QED) is 0.436. The van der Waals surface area contributed by atoms with Crippen molar-refractivity contribution in [3.8, 4) is 22.5 Å². The van der Waals surface area contributed by atoms with Crippen molar-refractivity contribution in [2.24, 2.45) is 0 Å². The van der Waals surface area contributed by atoms with Crippen LogP contribution in [0.25, 0.3) is 38.9 Å². The number of rotatable bonds is 3. The molecule has 3 N–H and O–H groups in total. The van der Waals surface area contributed by atoms with E-state index < -0.39 is 5.60 Å². The maximum absolute atomic E-state index is 10.2. The summed E-state index contributed by atoms with van der Waals surface area (Å²) in [4.78, 5) is 14.1. The Hall–Kier alpha value is -3.77. The molecule has 0 spiro atoms. The monoisotopic (exact) mass is 421 g/mol. The first-order valence-electron chi connectivity index (χ1n) is 10.8. The van der Waals surface area contributed by atoms with Crippen molar-refractivity contribution in [3.63, 3.8) is 0 Å². The van der Waals surface area contributed by atoms with Gasteiger partial charge in [0.1, 0.15) is 17.2 Å². The van der Waals surface area contributed by atoms with Gasteiger partial charge in [0.05, 0.1) is 28.7 Å². The summed E-state index contributed by atoms with van der Waals surface area (Å²) in [6.07, 6.45) is 5.16. The summed E-state index contributed by atoms with van der Waals surface area (Å²) in [7, 11) is 0. The number of nitrogens with two attached hydrogens (primary N) is 1. The summed E-state index contributed by atoms with van der Waals surface area (Å²) in [6.45, 7) is 1.87. The zero-order valence-electron chi connectivity index (χ0n) is 17.7. The van der Waals surface area contributed by atoms with E-state index in [4.69, 9.17) is 10.7 Å². The van der Waals surface area contributed by atoms with Crippen LogP contribution in [0.2, 0.25) is 0 Å². The third kappa shape index (κ3) is 3.11. The predicted octanol–water partition coefficient (Wildman–Crippen LogP) is 4.82. The van der Waals surface area contributed by atoms with Gasteiger partial charge in [0.2, 0.25) is 0 Å². The first-order chi connectivity index (χ1) is 15.5. The lowest BCUT2D eigenvalue weighted by atomic mass is 9.72. The molecule has 6 heteroatoms. The first-order valence-corrected chi connectivity index (χ1v) is 10.8. The fourth-order valence-electron chi connectivity index (χ4n) is 4.71. The van der Waals surface area contributed by atoms with Crippen molar-refractivity contribution >= 4 is 22.2 Å². The van der Waals surface area contributed by atoms with Gasteiger partial charge >= 0.3 is 0 Å². The zero-order valence-corrected chi connectivity index (χ0v) is 17.7. The molecule has 2 aromatic carbocycles. The molecule has 6 rings (SSSR count). The maximum Gasteiger partial charge on any atom is 0.150 e. The SMILES string of the molecule is CC1(O)CC(c2ncc3c(N)nc(-c4ccc5ccc(-c6ccccc6)nc5c4)cn23)C1. The van der Waals surface area contributed by atoms with Crippen molar-refractivity contribution in [3.05, 3.63) is 78.9 Å². The van der Waals surface area contributed by atoms with Crippen molar-refractivity contribution in [2.45, 2.75) is 31.3 Å². The molecular weight excluding hydrogens is 398 g/mol. The minimum Gasteiger partial charge on any atom is -0.390 e. The lowest BCUT2D eigenvalue weighted by Gasteiger charge is -2.40. The highest BCUT2D eigenvalue weighted by Crippen LogP contribution is 2.44. The van der Waals surface area contributed by atoms with E-state index in [1.54, 1.807) is 6.20 Å². The number of benzene rings is 2. The number of fused-ring (bicyclic) bond motifs is 2. The van der Waals surface area contributed by atoms with Crippen LogP contribution in [0.15, 0.2) is 73.1 Å². The Morgan fingerprint density at radius 1 is 0.969 bits per heavy atom. The highest BCUT2D eigenvalue weighted by Gasteiger charge is 2.41. The number of aliphatic hydroxyl groups is 1. The smallest absolute Gasteiger partial charge is 0.150 e. The van der Waals surface area contributed by atoms with E-state index in [0.717, 1.165) is 44.8 Å². The Morgan fingerprint density at radius 3 is 2.53 bits per heavy atom. The van der Waals surface area contributed by atoms with Crippen molar-refractivity contribution in [2.75, 3.05) is 5.73 Å². The van der Waals surface area contributed by atoms with Crippen LogP contribution in [0.4, 0.5) is 5.82 Å². The van der Waals surface area contributed by atoms with Crippen molar-refractivity contribution in [1.82, 2.24) is 19.4 Å². The van der Waals surface area contributed by atoms with E-state index in [1.807, 2.05) is 47.9 Å². The normalized spacial score (nSPS) is 20.5. The lowest BCUT2D eigenvalue weighted by Crippen LogP contribution is -2.40. The number of nitrogen functional groups attached to an aromatic ring is 1. The molecule has 158 valence electrons. The number of anilines is 1. The lowest BCUT2D eigenvalue weighted by molar-refractivity contribution is -0.0335. The fraction of sp³-hybridized carbons (Fsp3) is 0.192. The molecule has 0 amide bonds. The van der Waals surface area contributed by atoms with Crippen LogP contribution in [0, 0.1) is 0 Å². The second-order valence-electron chi connectivity index (χ2n) is 8.96. The van der Waals surface area contributed by atoms with Gasteiger partial charge in [0.15, 0.2) is 0 Å². The predicted molar refractivity (Wildman–Crippen MR) is 126 cm³/mol. The van der Waals surface area contributed by atoms with E-state index in [1.165, 1.54) is 0 Å². The number of imidazole rings is 1. The molecule has 5 aromatic rings. The number of hydrogen-bond acceptors (Lipinski definition) is 5. The minimum atomic E-state index is -0.613. The molecule has 1 aliphatic carbocycles. The van der Waals surface area contributed by atoms with Gasteiger partial charge in [0, 0.05) is 28.6 Å². The molecule has 0 aliphatic heterocycles. The summed E-state index contributed by atoms with van der Waals surface area (Å²) in [5.74, 6) is 1.58. The zero-order chi connectivity index (χ0) is 21.9. The Bertz CT molecular complexity index is 1460. The average molecular weight is 422 g/mol. The van der Waals surface area contributed by atoms with Gasteiger partial charge in [-0.3, -0.25) is 4.40 Å². The highest BCUT2D eigenvalue weighted by atomic mass is 16.3. The number of hydrogen-bond donors (Lipinski definition) is 2. The summed E-state index contributed by atoms with van der Waals surface area (Å²) >= 11 is 0. The molecule has 1 saturated carbocycles. The largest absolute Gasteiger partial charge is 0.390 e. The number of nitrogens with zero attached hydrogens (tertiary/aromatic N) is 4. The third-order valence-electron chi connectivity index (χ3n) is 6.38. The molecule has 0 radical (unpaired) electrons. The number of aromatic nitrogens is 4. The van der Waals surface area contributed by atoms with Gasteiger partial charge in [-0.1, -0.05) is 48.5 Å². The standard InChI is InChI=1S/C26H23N5O/c1-26(32)12-19(13-26)25-28-14-23-24(27)30-22(15-31(23)25)18-8-7-17-9-10-20(29-21(17)11-18)16-5-3-2-4-6-16/h2-11,14-15,19,32H,12-13H2,1H3,(H2,27,30). The van der Waals surface area contributed by atoms with E-state index >= 15 is 0 Å². The highest BCUT2D eigenvalue weighted by molar-refractivity contribution is 5.86. The van der Waals surface area contributed by atoms with Gasteiger partial charge in [0.25, 0.3) is 0 Å². The first kappa shape index (κ1) is 19.0. The molecule has 3 aromatic heterocycles. The summed E-state index contributed by atoms with van der Waals surface area (Å²) in [5, 5.41) is 11.2. The van der Waals surface area contributed by atoms with Gasteiger partial charge in [-0.2, -0.15) is 0 Å². The number of pyridine rings is 1. The van der Waals surface area contributed by atoms with E-state index in [-0.39, 0.29) is 5.92 Å². The van der Waals surface area contributed by atoms with E-state index in [9.17, 15) is 5.11 Å². The summed E-state index contributed by atoms with van der Waals surface area (Å²) < 4.78 is 2.02. The van der Waals surface area contributed by atoms with Crippen LogP contribution in [0.3, 0.4) is 0 Å². The third-order valence-corrected chi connectivity index (χ3v) is 6.38. The molecule has 0 unspecified atom stereocenters. The molecule has 0 saturated heterocycles. The fourth-order valence-corrected chi connectivity index (χ4v) is 4.71. The summed E-state index contributed by atoms with van der Waals surface area (Å²) in [5.41, 5.74) is 11.1.